The Balaban J connectivity index is 1.63. The SMILES string of the molecule is CCOc1cc(/C=N/NCc2ccccc2OC)ccc1OCc1ccccc1Cl. The van der Waals surface area contributed by atoms with Gasteiger partial charge < -0.3 is 19.6 Å². The molecule has 1 N–H and O–H groups in total. The van der Waals surface area contributed by atoms with Crippen LogP contribution in [0, 0.1) is 0 Å². The van der Waals surface area contributed by atoms with Crippen molar-refractivity contribution < 1.29 is 14.2 Å². The molecule has 0 atom stereocenters. The van der Waals surface area contributed by atoms with Crippen molar-refractivity contribution in [1.29, 1.82) is 0 Å². The van der Waals surface area contributed by atoms with Crippen molar-refractivity contribution in [3.63, 3.8) is 0 Å². The van der Waals surface area contributed by atoms with Gasteiger partial charge in [0.1, 0.15) is 12.4 Å². The number of methoxy groups -OCH3 is 1. The predicted molar refractivity (Wildman–Crippen MR) is 121 cm³/mol. The average Bonchev–Trinajstić information content (AvgIpc) is 2.77. The molecule has 0 amide bonds. The first kappa shape index (κ1) is 21.5. The summed E-state index contributed by atoms with van der Waals surface area (Å²) in [7, 11) is 1.66. The van der Waals surface area contributed by atoms with Gasteiger partial charge in [-0.2, -0.15) is 5.10 Å². The Morgan fingerprint density at radius 1 is 0.900 bits per heavy atom. The molecule has 0 heterocycles. The Morgan fingerprint density at radius 3 is 2.43 bits per heavy atom. The Bertz CT molecular complexity index is 992. The molecule has 3 aromatic carbocycles. The second-order valence-electron chi connectivity index (χ2n) is 6.42. The summed E-state index contributed by atoms with van der Waals surface area (Å²) >= 11 is 6.21. The standard InChI is InChI=1S/C24H25ClN2O3/c1-3-29-24-14-18(15-26-27-16-19-8-5-7-11-22(19)28-2)12-13-23(24)30-17-20-9-4-6-10-21(20)25/h4-15,27H,3,16-17H2,1-2H3/b26-15+. The topological polar surface area (TPSA) is 52.1 Å². The second kappa shape index (κ2) is 11.1. The van der Waals surface area contributed by atoms with Crippen LogP contribution in [0.1, 0.15) is 23.6 Å². The summed E-state index contributed by atoms with van der Waals surface area (Å²) in [5.74, 6) is 2.16. The van der Waals surface area contributed by atoms with Crippen molar-refractivity contribution in [3.8, 4) is 17.2 Å². The van der Waals surface area contributed by atoms with Crippen LogP contribution in [0.2, 0.25) is 5.02 Å². The number of rotatable bonds is 10. The average molecular weight is 425 g/mol. The number of para-hydroxylation sites is 1. The van der Waals surface area contributed by atoms with Gasteiger partial charge in [0, 0.05) is 16.1 Å². The van der Waals surface area contributed by atoms with Gasteiger partial charge in [0.2, 0.25) is 0 Å². The molecule has 0 aliphatic carbocycles. The lowest BCUT2D eigenvalue weighted by molar-refractivity contribution is 0.269. The first-order valence-corrected chi connectivity index (χ1v) is 10.1. The zero-order chi connectivity index (χ0) is 21.2. The summed E-state index contributed by atoms with van der Waals surface area (Å²) in [6.07, 6.45) is 1.75. The first-order chi connectivity index (χ1) is 14.7. The number of nitrogens with one attached hydrogen (secondary N) is 1. The van der Waals surface area contributed by atoms with Crippen molar-refractivity contribution in [3.05, 3.63) is 88.4 Å². The molecule has 6 heteroatoms. The van der Waals surface area contributed by atoms with Crippen LogP contribution in [-0.4, -0.2) is 19.9 Å². The van der Waals surface area contributed by atoms with E-state index in [2.05, 4.69) is 10.5 Å². The molecule has 0 aliphatic rings. The third kappa shape index (κ3) is 5.91. The fourth-order valence-electron chi connectivity index (χ4n) is 2.86. The van der Waals surface area contributed by atoms with E-state index in [0.29, 0.717) is 36.3 Å². The molecule has 0 unspecified atom stereocenters. The molecule has 0 fully saturated rings. The number of benzene rings is 3. The monoisotopic (exact) mass is 424 g/mol. The van der Waals surface area contributed by atoms with Crippen molar-refractivity contribution >= 4 is 17.8 Å². The fourth-order valence-corrected chi connectivity index (χ4v) is 3.05. The lowest BCUT2D eigenvalue weighted by Gasteiger charge is -2.13. The Hall–Kier alpha value is -3.18. The summed E-state index contributed by atoms with van der Waals surface area (Å²) in [6, 6.07) is 21.2. The molecule has 0 saturated carbocycles. The smallest absolute Gasteiger partial charge is 0.161 e. The molecule has 3 rings (SSSR count). The first-order valence-electron chi connectivity index (χ1n) is 9.72. The minimum Gasteiger partial charge on any atom is -0.496 e. The third-order valence-electron chi connectivity index (χ3n) is 4.38. The molecule has 156 valence electrons. The molecule has 5 nitrogen and oxygen atoms in total. The summed E-state index contributed by atoms with van der Waals surface area (Å²) in [4.78, 5) is 0. The number of halogens is 1. The van der Waals surface area contributed by atoms with Crippen molar-refractivity contribution in [2.45, 2.75) is 20.1 Å². The molecule has 30 heavy (non-hydrogen) atoms. The molecule has 0 radical (unpaired) electrons. The predicted octanol–water partition coefficient (Wildman–Crippen LogP) is 5.45. The molecule has 0 spiro atoms. The second-order valence-corrected chi connectivity index (χ2v) is 6.83. The van der Waals surface area contributed by atoms with Crippen LogP contribution >= 0.6 is 11.6 Å². The number of hydrazone groups is 1. The van der Waals surface area contributed by atoms with Crippen LogP contribution < -0.4 is 19.6 Å². The van der Waals surface area contributed by atoms with Gasteiger partial charge in [0.25, 0.3) is 0 Å². The minimum absolute atomic E-state index is 0.369. The number of nitrogens with zero attached hydrogens (tertiary/aromatic N) is 1. The summed E-state index contributed by atoms with van der Waals surface area (Å²) in [5, 5.41) is 4.98. The van der Waals surface area contributed by atoms with Crippen molar-refractivity contribution in [2.24, 2.45) is 5.10 Å². The normalized spacial score (nSPS) is 10.8. The van der Waals surface area contributed by atoms with E-state index in [1.807, 2.05) is 73.7 Å². The van der Waals surface area contributed by atoms with Crippen LogP contribution in [0.5, 0.6) is 17.2 Å². The van der Waals surface area contributed by atoms with E-state index in [1.54, 1.807) is 13.3 Å². The maximum atomic E-state index is 6.21. The number of hydrogen-bond acceptors (Lipinski definition) is 5. The van der Waals surface area contributed by atoms with E-state index >= 15 is 0 Å². The van der Waals surface area contributed by atoms with Crippen LogP contribution in [0.4, 0.5) is 0 Å². The maximum absolute atomic E-state index is 6.21. The minimum atomic E-state index is 0.369. The van der Waals surface area contributed by atoms with E-state index in [-0.39, 0.29) is 0 Å². The van der Waals surface area contributed by atoms with Gasteiger partial charge in [0.05, 0.1) is 26.5 Å². The molecular formula is C24H25ClN2O3. The van der Waals surface area contributed by atoms with Gasteiger partial charge in [-0.15, -0.1) is 0 Å². The van der Waals surface area contributed by atoms with Gasteiger partial charge in [-0.25, -0.2) is 0 Å². The van der Waals surface area contributed by atoms with Gasteiger partial charge in [-0.3, -0.25) is 0 Å². The van der Waals surface area contributed by atoms with E-state index in [9.17, 15) is 0 Å². The van der Waals surface area contributed by atoms with Crippen LogP contribution in [-0.2, 0) is 13.2 Å². The Labute approximate surface area is 182 Å². The van der Waals surface area contributed by atoms with Gasteiger partial charge in [0.15, 0.2) is 11.5 Å². The summed E-state index contributed by atoms with van der Waals surface area (Å²) in [5.41, 5.74) is 5.91. The number of ether oxygens (including phenoxy) is 3. The van der Waals surface area contributed by atoms with E-state index in [4.69, 9.17) is 25.8 Å². The zero-order valence-corrected chi connectivity index (χ0v) is 17.9. The highest BCUT2D eigenvalue weighted by molar-refractivity contribution is 6.31. The molecule has 0 aromatic heterocycles. The van der Waals surface area contributed by atoms with Gasteiger partial charge in [-0.1, -0.05) is 48.0 Å². The summed E-state index contributed by atoms with van der Waals surface area (Å²) in [6.45, 7) is 3.41. The Morgan fingerprint density at radius 2 is 1.67 bits per heavy atom. The van der Waals surface area contributed by atoms with Crippen LogP contribution in [0.15, 0.2) is 71.8 Å². The largest absolute Gasteiger partial charge is 0.496 e. The molecule has 0 aliphatic heterocycles. The lowest BCUT2D eigenvalue weighted by Crippen LogP contribution is -2.07. The van der Waals surface area contributed by atoms with Crippen molar-refractivity contribution in [1.82, 2.24) is 5.43 Å². The van der Waals surface area contributed by atoms with Gasteiger partial charge >= 0.3 is 0 Å². The highest BCUT2D eigenvalue weighted by Crippen LogP contribution is 2.29. The van der Waals surface area contributed by atoms with E-state index < -0.39 is 0 Å². The van der Waals surface area contributed by atoms with E-state index in [0.717, 1.165) is 22.4 Å². The highest BCUT2D eigenvalue weighted by atomic mass is 35.5. The van der Waals surface area contributed by atoms with Gasteiger partial charge in [-0.05, 0) is 42.8 Å². The lowest BCUT2D eigenvalue weighted by atomic mass is 10.2. The molecule has 3 aromatic rings. The van der Waals surface area contributed by atoms with Crippen LogP contribution in [0.3, 0.4) is 0 Å². The quantitative estimate of drug-likeness (QED) is 0.347. The maximum Gasteiger partial charge on any atom is 0.161 e. The summed E-state index contributed by atoms with van der Waals surface area (Å²) < 4.78 is 17.0. The molecular weight excluding hydrogens is 400 g/mol. The fraction of sp³-hybridized carbons (Fsp3) is 0.208. The van der Waals surface area contributed by atoms with Crippen LogP contribution in [0.25, 0.3) is 0 Å². The molecule has 0 saturated heterocycles. The highest BCUT2D eigenvalue weighted by Gasteiger charge is 2.08. The van der Waals surface area contributed by atoms with Crippen molar-refractivity contribution in [2.75, 3.05) is 13.7 Å². The molecule has 0 bridgehead atoms. The number of hydrogen-bond donors (Lipinski definition) is 1. The Kier molecular flexibility index (Phi) is 7.98. The zero-order valence-electron chi connectivity index (χ0n) is 17.1. The van der Waals surface area contributed by atoms with E-state index in [1.165, 1.54) is 0 Å². The third-order valence-corrected chi connectivity index (χ3v) is 4.74.